The van der Waals surface area contributed by atoms with Crippen molar-refractivity contribution in [2.75, 3.05) is 6.54 Å². The molecule has 1 fully saturated rings. The van der Waals surface area contributed by atoms with Crippen molar-refractivity contribution < 1.29 is 0 Å². The van der Waals surface area contributed by atoms with Gasteiger partial charge >= 0.3 is 0 Å². The van der Waals surface area contributed by atoms with Crippen LogP contribution in [0.1, 0.15) is 52.0 Å². The van der Waals surface area contributed by atoms with E-state index in [9.17, 15) is 0 Å². The zero-order chi connectivity index (χ0) is 13.2. The van der Waals surface area contributed by atoms with E-state index in [2.05, 4.69) is 50.1 Å². The molecular formula is C16H26N2. The number of nitrogens with one attached hydrogen (secondary N) is 1. The predicted molar refractivity (Wildman–Crippen MR) is 76.6 cm³/mol. The van der Waals surface area contributed by atoms with E-state index in [1.807, 2.05) is 12.4 Å². The van der Waals surface area contributed by atoms with E-state index in [1.54, 1.807) is 0 Å². The molecule has 1 aliphatic carbocycles. The van der Waals surface area contributed by atoms with Crippen molar-refractivity contribution in [3.05, 3.63) is 30.1 Å². The van der Waals surface area contributed by atoms with Crippen LogP contribution < -0.4 is 5.32 Å². The quantitative estimate of drug-likeness (QED) is 0.829. The summed E-state index contributed by atoms with van der Waals surface area (Å²) in [6.07, 6.45) is 6.36. The van der Waals surface area contributed by atoms with Gasteiger partial charge in [0.05, 0.1) is 0 Å². The van der Waals surface area contributed by atoms with Crippen LogP contribution in [0.2, 0.25) is 0 Å². The minimum atomic E-state index is 0.521. The molecule has 1 heterocycles. The van der Waals surface area contributed by atoms with E-state index in [0.29, 0.717) is 17.4 Å². The van der Waals surface area contributed by atoms with E-state index >= 15 is 0 Å². The molecule has 100 valence electrons. The van der Waals surface area contributed by atoms with Crippen molar-refractivity contribution in [1.82, 2.24) is 10.3 Å². The van der Waals surface area contributed by atoms with Gasteiger partial charge in [-0.25, -0.2) is 0 Å². The number of hydrogen-bond donors (Lipinski definition) is 1. The molecule has 1 aliphatic rings. The van der Waals surface area contributed by atoms with Crippen molar-refractivity contribution in [3.8, 4) is 0 Å². The molecule has 0 bridgehead atoms. The molecule has 0 aliphatic heterocycles. The molecule has 2 heteroatoms. The minimum Gasteiger partial charge on any atom is -0.313 e. The number of hydrogen-bond acceptors (Lipinski definition) is 2. The summed E-state index contributed by atoms with van der Waals surface area (Å²) in [5.41, 5.74) is 1.92. The molecule has 3 atom stereocenters. The fourth-order valence-corrected chi connectivity index (χ4v) is 2.97. The fraction of sp³-hybridized carbons (Fsp3) is 0.688. The SMILES string of the molecule is CCCNC(C(C)c1ccncc1)C1CC1(C)C. The normalized spacial score (nSPS) is 24.6. The van der Waals surface area contributed by atoms with Crippen LogP contribution in [0.25, 0.3) is 0 Å². The Morgan fingerprint density at radius 1 is 1.39 bits per heavy atom. The highest BCUT2D eigenvalue weighted by molar-refractivity contribution is 5.20. The van der Waals surface area contributed by atoms with Gasteiger partial charge in [0.25, 0.3) is 0 Å². The van der Waals surface area contributed by atoms with Crippen molar-refractivity contribution >= 4 is 0 Å². The van der Waals surface area contributed by atoms with Crippen LogP contribution in [0.4, 0.5) is 0 Å². The second-order valence-electron chi connectivity index (χ2n) is 6.35. The van der Waals surface area contributed by atoms with E-state index in [0.717, 1.165) is 12.5 Å². The smallest absolute Gasteiger partial charge is 0.0270 e. The van der Waals surface area contributed by atoms with Gasteiger partial charge in [0, 0.05) is 18.4 Å². The molecule has 0 radical (unpaired) electrons. The molecule has 0 aromatic carbocycles. The predicted octanol–water partition coefficient (Wildman–Crippen LogP) is 3.60. The minimum absolute atomic E-state index is 0.521. The largest absolute Gasteiger partial charge is 0.313 e. The molecule has 1 aromatic rings. The van der Waals surface area contributed by atoms with Crippen LogP contribution >= 0.6 is 0 Å². The molecule has 2 rings (SSSR count). The highest BCUT2D eigenvalue weighted by Gasteiger charge is 2.51. The van der Waals surface area contributed by atoms with Gasteiger partial charge in [-0.3, -0.25) is 4.98 Å². The number of aromatic nitrogens is 1. The first kappa shape index (κ1) is 13.5. The lowest BCUT2D eigenvalue weighted by molar-refractivity contribution is 0.362. The van der Waals surface area contributed by atoms with Crippen molar-refractivity contribution in [2.45, 2.75) is 52.5 Å². The Morgan fingerprint density at radius 3 is 2.50 bits per heavy atom. The van der Waals surface area contributed by atoms with Gasteiger partial charge in [0.1, 0.15) is 0 Å². The maximum atomic E-state index is 4.12. The van der Waals surface area contributed by atoms with Gasteiger partial charge in [-0.2, -0.15) is 0 Å². The number of rotatable bonds is 6. The first-order valence-corrected chi connectivity index (χ1v) is 7.19. The molecule has 3 unspecified atom stereocenters. The lowest BCUT2D eigenvalue weighted by atomic mass is 9.88. The third-order valence-corrected chi connectivity index (χ3v) is 4.42. The van der Waals surface area contributed by atoms with Crippen molar-refractivity contribution in [3.63, 3.8) is 0 Å². The van der Waals surface area contributed by atoms with Gasteiger partial charge < -0.3 is 5.32 Å². The van der Waals surface area contributed by atoms with Crippen molar-refractivity contribution in [1.29, 1.82) is 0 Å². The van der Waals surface area contributed by atoms with Crippen LogP contribution in [0.5, 0.6) is 0 Å². The van der Waals surface area contributed by atoms with Crippen LogP contribution in [0, 0.1) is 11.3 Å². The average Bonchev–Trinajstić information content (AvgIpc) is 2.99. The van der Waals surface area contributed by atoms with Crippen LogP contribution in [0.3, 0.4) is 0 Å². The Hall–Kier alpha value is -0.890. The van der Waals surface area contributed by atoms with E-state index < -0.39 is 0 Å². The lowest BCUT2D eigenvalue weighted by Gasteiger charge is -2.27. The van der Waals surface area contributed by atoms with Crippen molar-refractivity contribution in [2.24, 2.45) is 11.3 Å². The number of pyridine rings is 1. The Labute approximate surface area is 111 Å². The Morgan fingerprint density at radius 2 is 2.00 bits per heavy atom. The summed E-state index contributed by atoms with van der Waals surface area (Å²) >= 11 is 0. The maximum Gasteiger partial charge on any atom is 0.0270 e. The van der Waals surface area contributed by atoms with Gasteiger partial charge in [-0.05, 0) is 54.3 Å². The summed E-state index contributed by atoms with van der Waals surface area (Å²) < 4.78 is 0. The number of nitrogens with zero attached hydrogens (tertiary/aromatic N) is 1. The third-order valence-electron chi connectivity index (χ3n) is 4.42. The topological polar surface area (TPSA) is 24.9 Å². The van der Waals surface area contributed by atoms with Crippen LogP contribution in [0.15, 0.2) is 24.5 Å². The molecule has 1 N–H and O–H groups in total. The zero-order valence-electron chi connectivity index (χ0n) is 12.1. The second-order valence-corrected chi connectivity index (χ2v) is 6.35. The molecule has 0 saturated heterocycles. The Bertz CT molecular complexity index is 372. The second kappa shape index (κ2) is 5.40. The molecule has 2 nitrogen and oxygen atoms in total. The summed E-state index contributed by atoms with van der Waals surface area (Å²) in [5, 5.41) is 3.76. The Balaban J connectivity index is 2.09. The highest BCUT2D eigenvalue weighted by Crippen LogP contribution is 2.55. The molecule has 1 aromatic heterocycles. The standard InChI is InChI=1S/C16H26N2/c1-5-8-18-15(14-11-16(14,3)4)12(2)13-6-9-17-10-7-13/h6-7,9-10,12,14-15,18H,5,8,11H2,1-4H3. The first-order valence-electron chi connectivity index (χ1n) is 7.19. The van der Waals surface area contributed by atoms with Crippen LogP contribution in [-0.4, -0.2) is 17.6 Å². The summed E-state index contributed by atoms with van der Waals surface area (Å²) in [6.45, 7) is 10.5. The highest BCUT2D eigenvalue weighted by atomic mass is 14.9. The lowest BCUT2D eigenvalue weighted by Crippen LogP contribution is -2.37. The zero-order valence-corrected chi connectivity index (χ0v) is 12.1. The molecule has 18 heavy (non-hydrogen) atoms. The molecular weight excluding hydrogens is 220 g/mol. The molecule has 0 amide bonds. The van der Waals surface area contributed by atoms with E-state index in [4.69, 9.17) is 0 Å². The average molecular weight is 246 g/mol. The Kier molecular flexibility index (Phi) is 4.06. The monoisotopic (exact) mass is 246 g/mol. The van der Waals surface area contributed by atoms with Gasteiger partial charge in [0.2, 0.25) is 0 Å². The summed E-state index contributed by atoms with van der Waals surface area (Å²) in [6, 6.07) is 4.91. The first-order chi connectivity index (χ1) is 8.56. The molecule has 0 spiro atoms. The fourth-order valence-electron chi connectivity index (χ4n) is 2.97. The van der Waals surface area contributed by atoms with E-state index in [-0.39, 0.29) is 0 Å². The summed E-state index contributed by atoms with van der Waals surface area (Å²) in [4.78, 5) is 4.12. The molecule has 1 saturated carbocycles. The van der Waals surface area contributed by atoms with Gasteiger partial charge in [-0.15, -0.1) is 0 Å². The summed E-state index contributed by atoms with van der Waals surface area (Å²) in [5.74, 6) is 1.37. The van der Waals surface area contributed by atoms with Crippen LogP contribution in [-0.2, 0) is 0 Å². The maximum absolute atomic E-state index is 4.12. The summed E-state index contributed by atoms with van der Waals surface area (Å²) in [7, 11) is 0. The van der Waals surface area contributed by atoms with Gasteiger partial charge in [-0.1, -0.05) is 27.7 Å². The van der Waals surface area contributed by atoms with Gasteiger partial charge in [0.15, 0.2) is 0 Å². The van der Waals surface area contributed by atoms with E-state index in [1.165, 1.54) is 18.4 Å². The third kappa shape index (κ3) is 2.92.